The third-order valence-corrected chi connectivity index (χ3v) is 5.45. The Balaban J connectivity index is 1.64. The predicted octanol–water partition coefficient (Wildman–Crippen LogP) is 0.803. The molecule has 0 radical (unpaired) electrons. The van der Waals surface area contributed by atoms with Gasteiger partial charge in [0.2, 0.25) is 5.91 Å². The van der Waals surface area contributed by atoms with Gasteiger partial charge in [-0.15, -0.1) is 11.3 Å². The molecular formula is C15H23N3O3S. The van der Waals surface area contributed by atoms with Crippen molar-refractivity contribution < 1.29 is 14.3 Å². The molecule has 0 bridgehead atoms. The van der Waals surface area contributed by atoms with E-state index < -0.39 is 0 Å². The van der Waals surface area contributed by atoms with Crippen molar-refractivity contribution in [2.75, 3.05) is 33.4 Å². The fraction of sp³-hybridized carbons (Fsp3) is 0.733. The molecule has 1 aromatic rings. The minimum absolute atomic E-state index is 0.0239. The summed E-state index contributed by atoms with van der Waals surface area (Å²) in [5.41, 5.74) is 2.98. The van der Waals surface area contributed by atoms with E-state index in [4.69, 9.17) is 9.47 Å². The first-order valence-corrected chi connectivity index (χ1v) is 8.60. The Morgan fingerprint density at radius 2 is 2.50 bits per heavy atom. The van der Waals surface area contributed by atoms with Gasteiger partial charge in [-0.2, -0.15) is 0 Å². The quantitative estimate of drug-likeness (QED) is 0.784. The van der Waals surface area contributed by atoms with Crippen LogP contribution in [0.2, 0.25) is 0 Å². The maximum absolute atomic E-state index is 12.4. The van der Waals surface area contributed by atoms with Crippen molar-refractivity contribution in [1.29, 1.82) is 0 Å². The lowest BCUT2D eigenvalue weighted by Crippen LogP contribution is -2.39. The van der Waals surface area contributed by atoms with Gasteiger partial charge >= 0.3 is 0 Å². The highest BCUT2D eigenvalue weighted by atomic mass is 32.1. The molecule has 1 amide bonds. The number of aryl methyl sites for hydroxylation is 1. The third-order valence-electron chi connectivity index (χ3n) is 4.53. The van der Waals surface area contributed by atoms with Crippen LogP contribution in [0.5, 0.6) is 0 Å². The van der Waals surface area contributed by atoms with Gasteiger partial charge in [-0.3, -0.25) is 9.69 Å². The van der Waals surface area contributed by atoms with E-state index in [1.54, 1.807) is 18.4 Å². The van der Waals surface area contributed by atoms with Gasteiger partial charge in [0, 0.05) is 44.3 Å². The van der Waals surface area contributed by atoms with Crippen LogP contribution in [0.15, 0.2) is 5.51 Å². The van der Waals surface area contributed by atoms with Gasteiger partial charge < -0.3 is 14.8 Å². The molecule has 22 heavy (non-hydrogen) atoms. The van der Waals surface area contributed by atoms with Crippen LogP contribution in [0.3, 0.4) is 0 Å². The fourth-order valence-corrected chi connectivity index (χ4v) is 4.15. The molecule has 3 rings (SSSR count). The lowest BCUT2D eigenvalue weighted by molar-refractivity contribution is -0.127. The summed E-state index contributed by atoms with van der Waals surface area (Å²) in [6.45, 7) is 5.50. The Hall–Kier alpha value is -1.02. The van der Waals surface area contributed by atoms with Crippen LogP contribution in [0.4, 0.5) is 0 Å². The summed E-state index contributed by atoms with van der Waals surface area (Å²) in [5, 5.41) is 2.95. The second-order valence-electron chi connectivity index (χ2n) is 5.87. The van der Waals surface area contributed by atoms with Gasteiger partial charge in [-0.1, -0.05) is 0 Å². The summed E-state index contributed by atoms with van der Waals surface area (Å²) in [6.07, 6.45) is 1.03. The number of hydrogen-bond acceptors (Lipinski definition) is 6. The standard InChI is InChI=1S/C15H23N3O3S/c1-10-13(22-9-17-10)8-18-7-11(14-12(18)3-5-21-14)15(19)16-4-6-20-2/h9,11-12,14H,3-8H2,1-2H3,(H,16,19)/t11-,12+,14+/m0/s1. The zero-order chi connectivity index (χ0) is 15.5. The van der Waals surface area contributed by atoms with E-state index in [9.17, 15) is 4.79 Å². The molecular weight excluding hydrogens is 302 g/mol. The molecule has 2 aliphatic rings. The number of ether oxygens (including phenoxy) is 2. The van der Waals surface area contributed by atoms with E-state index in [1.807, 2.05) is 12.4 Å². The average Bonchev–Trinajstić information content (AvgIpc) is 3.18. The topological polar surface area (TPSA) is 63.7 Å². The van der Waals surface area contributed by atoms with E-state index in [1.165, 1.54) is 4.88 Å². The molecule has 3 heterocycles. The Labute approximate surface area is 134 Å². The van der Waals surface area contributed by atoms with Gasteiger partial charge in [0.25, 0.3) is 0 Å². The van der Waals surface area contributed by atoms with Crippen LogP contribution >= 0.6 is 11.3 Å². The maximum atomic E-state index is 12.4. The highest BCUT2D eigenvalue weighted by Gasteiger charge is 2.48. The Morgan fingerprint density at radius 1 is 1.64 bits per heavy atom. The second kappa shape index (κ2) is 7.04. The van der Waals surface area contributed by atoms with Crippen LogP contribution in [-0.2, 0) is 20.8 Å². The number of fused-ring (bicyclic) bond motifs is 1. The smallest absolute Gasteiger partial charge is 0.227 e. The number of likely N-dealkylation sites (tertiary alicyclic amines) is 1. The number of hydrogen-bond donors (Lipinski definition) is 1. The van der Waals surface area contributed by atoms with Gasteiger partial charge in [-0.25, -0.2) is 4.98 Å². The minimum atomic E-state index is -0.0856. The lowest BCUT2D eigenvalue weighted by Gasteiger charge is -2.21. The Kier molecular flexibility index (Phi) is 5.07. The number of amides is 1. The summed E-state index contributed by atoms with van der Waals surface area (Å²) >= 11 is 1.69. The summed E-state index contributed by atoms with van der Waals surface area (Å²) in [5.74, 6) is -0.00457. The van der Waals surface area contributed by atoms with Gasteiger partial charge in [0.05, 0.1) is 29.8 Å². The van der Waals surface area contributed by atoms with E-state index >= 15 is 0 Å². The van der Waals surface area contributed by atoms with E-state index in [2.05, 4.69) is 15.2 Å². The molecule has 3 atom stereocenters. The van der Waals surface area contributed by atoms with Crippen LogP contribution < -0.4 is 5.32 Å². The SMILES string of the molecule is COCCNC(=O)[C@H]1CN(Cc2scnc2C)[C@@H]2CCO[C@H]12. The van der Waals surface area contributed by atoms with E-state index in [0.717, 1.165) is 31.8 Å². The van der Waals surface area contributed by atoms with Crippen molar-refractivity contribution in [2.24, 2.45) is 5.92 Å². The summed E-state index contributed by atoms with van der Waals surface area (Å²) in [6, 6.07) is 0.347. The number of rotatable bonds is 6. The zero-order valence-electron chi connectivity index (χ0n) is 13.1. The van der Waals surface area contributed by atoms with Crippen molar-refractivity contribution in [1.82, 2.24) is 15.2 Å². The molecule has 0 aromatic carbocycles. The van der Waals surface area contributed by atoms with Crippen LogP contribution in [0.1, 0.15) is 17.0 Å². The number of carbonyl (C=O) groups is 1. The number of thiazole rings is 1. The van der Waals surface area contributed by atoms with Crippen molar-refractivity contribution in [3.8, 4) is 0 Å². The largest absolute Gasteiger partial charge is 0.383 e. The van der Waals surface area contributed by atoms with Crippen LogP contribution in [-0.4, -0.2) is 61.3 Å². The second-order valence-corrected chi connectivity index (χ2v) is 6.81. The average molecular weight is 325 g/mol. The molecule has 7 heteroatoms. The zero-order valence-corrected chi connectivity index (χ0v) is 13.9. The molecule has 2 saturated heterocycles. The molecule has 122 valence electrons. The van der Waals surface area contributed by atoms with Crippen molar-refractivity contribution in [3.63, 3.8) is 0 Å². The van der Waals surface area contributed by atoms with Crippen LogP contribution in [0, 0.1) is 12.8 Å². The highest BCUT2D eigenvalue weighted by Crippen LogP contribution is 2.35. The fourth-order valence-electron chi connectivity index (χ4n) is 3.35. The number of nitrogens with zero attached hydrogens (tertiary/aromatic N) is 2. The number of methoxy groups -OCH3 is 1. The number of nitrogens with one attached hydrogen (secondary N) is 1. The molecule has 1 aromatic heterocycles. The highest BCUT2D eigenvalue weighted by molar-refractivity contribution is 7.09. The molecule has 2 aliphatic heterocycles. The molecule has 0 spiro atoms. The van der Waals surface area contributed by atoms with Crippen molar-refractivity contribution >= 4 is 17.2 Å². The lowest BCUT2D eigenvalue weighted by atomic mass is 10.0. The molecule has 2 fully saturated rings. The van der Waals surface area contributed by atoms with Gasteiger partial charge in [0.1, 0.15) is 0 Å². The number of aromatic nitrogens is 1. The van der Waals surface area contributed by atoms with Crippen molar-refractivity contribution in [3.05, 3.63) is 16.1 Å². The molecule has 6 nitrogen and oxygen atoms in total. The maximum Gasteiger partial charge on any atom is 0.227 e. The normalized spacial score (nSPS) is 28.0. The first kappa shape index (κ1) is 15.9. The minimum Gasteiger partial charge on any atom is -0.383 e. The first-order valence-electron chi connectivity index (χ1n) is 7.72. The van der Waals surface area contributed by atoms with Gasteiger partial charge in [0.15, 0.2) is 0 Å². The third kappa shape index (κ3) is 3.17. The van der Waals surface area contributed by atoms with Crippen LogP contribution in [0.25, 0.3) is 0 Å². The van der Waals surface area contributed by atoms with Crippen molar-refractivity contribution in [2.45, 2.75) is 32.0 Å². The Morgan fingerprint density at radius 3 is 3.23 bits per heavy atom. The molecule has 0 saturated carbocycles. The monoisotopic (exact) mass is 325 g/mol. The first-order chi connectivity index (χ1) is 10.7. The Bertz CT molecular complexity index is 522. The molecule has 0 unspecified atom stereocenters. The summed E-state index contributed by atoms with van der Waals surface area (Å²) in [7, 11) is 1.64. The van der Waals surface area contributed by atoms with E-state index in [0.29, 0.717) is 19.2 Å². The number of carbonyl (C=O) groups excluding carboxylic acids is 1. The van der Waals surface area contributed by atoms with Gasteiger partial charge in [-0.05, 0) is 13.3 Å². The molecule has 1 N–H and O–H groups in total. The summed E-state index contributed by atoms with van der Waals surface area (Å²) < 4.78 is 10.8. The predicted molar refractivity (Wildman–Crippen MR) is 83.8 cm³/mol. The molecule has 0 aliphatic carbocycles. The summed E-state index contributed by atoms with van der Waals surface area (Å²) in [4.78, 5) is 20.4. The van der Waals surface area contributed by atoms with E-state index in [-0.39, 0.29) is 17.9 Å².